The summed E-state index contributed by atoms with van der Waals surface area (Å²) in [5.41, 5.74) is 1.69. The molecule has 0 atom stereocenters. The van der Waals surface area contributed by atoms with Crippen molar-refractivity contribution < 1.29 is 9.59 Å². The van der Waals surface area contributed by atoms with Crippen molar-refractivity contribution in [3.63, 3.8) is 0 Å². The fourth-order valence-corrected chi connectivity index (χ4v) is 2.64. The van der Waals surface area contributed by atoms with Crippen LogP contribution in [0.3, 0.4) is 0 Å². The van der Waals surface area contributed by atoms with Crippen LogP contribution in [-0.2, 0) is 9.59 Å². The number of carbonyl (C=O) groups is 2. The zero-order valence-electron chi connectivity index (χ0n) is 12.5. The first-order valence-corrected chi connectivity index (χ1v) is 8.35. The van der Waals surface area contributed by atoms with Crippen LogP contribution in [0.25, 0.3) is 0 Å². The number of benzene rings is 1. The molecular weight excluding hydrogens is 308 g/mol. The topological polar surface area (TPSA) is 58.2 Å². The minimum absolute atomic E-state index is 0.0199. The van der Waals surface area contributed by atoms with Crippen LogP contribution in [0.2, 0.25) is 5.02 Å². The molecule has 116 valence electrons. The van der Waals surface area contributed by atoms with Crippen molar-refractivity contribution in [2.24, 2.45) is 0 Å². The van der Waals surface area contributed by atoms with Gasteiger partial charge in [-0.15, -0.1) is 0 Å². The molecule has 21 heavy (non-hydrogen) atoms. The highest BCUT2D eigenvalue weighted by Gasteiger charge is 2.07. The van der Waals surface area contributed by atoms with Crippen molar-refractivity contribution >= 4 is 40.9 Å². The van der Waals surface area contributed by atoms with E-state index in [0.717, 1.165) is 11.3 Å². The number of hydrogen-bond donors (Lipinski definition) is 2. The molecule has 1 rings (SSSR count). The molecule has 0 saturated heterocycles. The van der Waals surface area contributed by atoms with Crippen LogP contribution >= 0.6 is 23.4 Å². The fourth-order valence-electron chi connectivity index (χ4n) is 1.68. The van der Waals surface area contributed by atoms with Crippen LogP contribution in [0.15, 0.2) is 18.2 Å². The second kappa shape index (κ2) is 8.95. The Morgan fingerprint density at radius 1 is 1.29 bits per heavy atom. The first-order chi connectivity index (χ1) is 9.88. The Kier molecular flexibility index (Phi) is 7.61. The Balaban J connectivity index is 2.27. The van der Waals surface area contributed by atoms with Gasteiger partial charge in [0.05, 0.1) is 5.75 Å². The molecule has 4 nitrogen and oxygen atoms in total. The summed E-state index contributed by atoms with van der Waals surface area (Å²) in [4.78, 5) is 23.2. The minimum Gasteiger partial charge on any atom is -0.354 e. The smallest absolute Gasteiger partial charge is 0.234 e. The quantitative estimate of drug-likeness (QED) is 0.755. The molecule has 0 aromatic heterocycles. The second-order valence-corrected chi connectivity index (χ2v) is 6.57. The maximum atomic E-state index is 11.8. The lowest BCUT2D eigenvalue weighted by Crippen LogP contribution is -2.30. The second-order valence-electron chi connectivity index (χ2n) is 5.03. The van der Waals surface area contributed by atoms with Crippen molar-refractivity contribution in [2.75, 3.05) is 16.8 Å². The van der Waals surface area contributed by atoms with E-state index in [4.69, 9.17) is 11.6 Å². The Morgan fingerprint density at radius 2 is 2.00 bits per heavy atom. The molecule has 0 aliphatic carbocycles. The summed E-state index contributed by atoms with van der Waals surface area (Å²) in [5, 5.41) is 6.31. The highest BCUT2D eigenvalue weighted by Crippen LogP contribution is 2.19. The first-order valence-electron chi connectivity index (χ1n) is 6.81. The standard InChI is InChI=1S/C15H21ClN2O2S/c1-10(2)17-14(19)6-7-21-9-15(20)18-13-5-4-12(16)8-11(13)3/h4-5,8,10H,6-7,9H2,1-3H3,(H,17,19)(H,18,20). The molecule has 6 heteroatoms. The largest absolute Gasteiger partial charge is 0.354 e. The molecule has 2 amide bonds. The Bertz CT molecular complexity index is 506. The lowest BCUT2D eigenvalue weighted by molar-refractivity contribution is -0.121. The summed E-state index contributed by atoms with van der Waals surface area (Å²) in [5.74, 6) is 0.906. The van der Waals surface area contributed by atoms with Crippen molar-refractivity contribution in [3.8, 4) is 0 Å². The molecule has 0 radical (unpaired) electrons. The van der Waals surface area contributed by atoms with E-state index in [9.17, 15) is 9.59 Å². The molecule has 0 fully saturated rings. The molecule has 1 aromatic carbocycles. The molecule has 0 spiro atoms. The van der Waals surface area contributed by atoms with Crippen molar-refractivity contribution in [1.29, 1.82) is 0 Å². The van der Waals surface area contributed by atoms with Crippen LogP contribution in [0, 0.1) is 6.92 Å². The van der Waals surface area contributed by atoms with Gasteiger partial charge < -0.3 is 10.6 Å². The minimum atomic E-state index is -0.0744. The Morgan fingerprint density at radius 3 is 2.62 bits per heavy atom. The van der Waals surface area contributed by atoms with Crippen molar-refractivity contribution in [2.45, 2.75) is 33.2 Å². The van der Waals surface area contributed by atoms with E-state index in [1.165, 1.54) is 11.8 Å². The van der Waals surface area contributed by atoms with Gasteiger partial charge in [0.2, 0.25) is 11.8 Å². The number of amides is 2. The van der Waals surface area contributed by atoms with Gasteiger partial charge in [0.15, 0.2) is 0 Å². The van der Waals surface area contributed by atoms with Crippen LogP contribution in [0.1, 0.15) is 25.8 Å². The molecule has 0 aliphatic rings. The molecule has 0 saturated carbocycles. The van der Waals surface area contributed by atoms with Gasteiger partial charge in [0, 0.05) is 28.9 Å². The lowest BCUT2D eigenvalue weighted by atomic mass is 10.2. The highest BCUT2D eigenvalue weighted by molar-refractivity contribution is 7.99. The Labute approximate surface area is 135 Å². The van der Waals surface area contributed by atoms with Gasteiger partial charge in [-0.2, -0.15) is 11.8 Å². The van der Waals surface area contributed by atoms with E-state index in [0.29, 0.717) is 22.9 Å². The number of anilines is 1. The molecule has 0 aliphatic heterocycles. The summed E-state index contributed by atoms with van der Waals surface area (Å²) < 4.78 is 0. The van der Waals surface area contributed by atoms with Gasteiger partial charge in [-0.25, -0.2) is 0 Å². The van der Waals surface area contributed by atoms with E-state index in [2.05, 4.69) is 10.6 Å². The van der Waals surface area contributed by atoms with Crippen molar-refractivity contribution in [3.05, 3.63) is 28.8 Å². The van der Waals surface area contributed by atoms with Gasteiger partial charge in [0.1, 0.15) is 0 Å². The monoisotopic (exact) mass is 328 g/mol. The van der Waals surface area contributed by atoms with Crippen LogP contribution in [-0.4, -0.2) is 29.4 Å². The normalized spacial score (nSPS) is 10.5. The summed E-state index contributed by atoms with van der Waals surface area (Å²) in [6.07, 6.45) is 0.427. The number of aryl methyl sites for hydroxylation is 1. The predicted molar refractivity (Wildman–Crippen MR) is 90.0 cm³/mol. The molecule has 0 bridgehead atoms. The van der Waals surface area contributed by atoms with E-state index >= 15 is 0 Å². The summed E-state index contributed by atoms with van der Waals surface area (Å²) in [7, 11) is 0. The highest BCUT2D eigenvalue weighted by atomic mass is 35.5. The van der Waals surface area contributed by atoms with Gasteiger partial charge in [-0.3, -0.25) is 9.59 Å². The summed E-state index contributed by atoms with van der Waals surface area (Å²) in [6.45, 7) is 5.74. The summed E-state index contributed by atoms with van der Waals surface area (Å²) in [6, 6.07) is 5.49. The van der Waals surface area contributed by atoms with Gasteiger partial charge in [-0.05, 0) is 44.5 Å². The number of hydrogen-bond acceptors (Lipinski definition) is 3. The number of rotatable bonds is 7. The lowest BCUT2D eigenvalue weighted by Gasteiger charge is -2.09. The van der Waals surface area contributed by atoms with E-state index < -0.39 is 0 Å². The summed E-state index contributed by atoms with van der Waals surface area (Å²) >= 11 is 7.31. The average molecular weight is 329 g/mol. The van der Waals surface area contributed by atoms with E-state index in [-0.39, 0.29) is 17.9 Å². The third kappa shape index (κ3) is 7.39. The van der Waals surface area contributed by atoms with Crippen LogP contribution < -0.4 is 10.6 Å². The molecule has 0 heterocycles. The van der Waals surface area contributed by atoms with Gasteiger partial charge >= 0.3 is 0 Å². The SMILES string of the molecule is Cc1cc(Cl)ccc1NC(=O)CSCCC(=O)NC(C)C. The number of nitrogens with one attached hydrogen (secondary N) is 2. The third-order valence-corrected chi connectivity index (χ3v) is 3.81. The third-order valence-electron chi connectivity index (χ3n) is 2.62. The fraction of sp³-hybridized carbons (Fsp3) is 0.467. The maximum Gasteiger partial charge on any atom is 0.234 e. The number of thioether (sulfide) groups is 1. The number of carbonyl (C=O) groups excluding carboxylic acids is 2. The first kappa shape index (κ1) is 17.9. The average Bonchev–Trinajstić information content (AvgIpc) is 2.37. The van der Waals surface area contributed by atoms with Crippen LogP contribution in [0.5, 0.6) is 0 Å². The van der Waals surface area contributed by atoms with E-state index in [1.807, 2.05) is 20.8 Å². The molecule has 0 unspecified atom stereocenters. The van der Waals surface area contributed by atoms with Crippen LogP contribution in [0.4, 0.5) is 5.69 Å². The molecular formula is C15H21ClN2O2S. The number of halogens is 1. The van der Waals surface area contributed by atoms with Crippen molar-refractivity contribution in [1.82, 2.24) is 5.32 Å². The maximum absolute atomic E-state index is 11.8. The predicted octanol–water partition coefficient (Wildman–Crippen LogP) is 3.23. The zero-order valence-corrected chi connectivity index (χ0v) is 14.1. The van der Waals surface area contributed by atoms with Gasteiger partial charge in [0.25, 0.3) is 0 Å². The van der Waals surface area contributed by atoms with E-state index in [1.54, 1.807) is 18.2 Å². The molecule has 1 aromatic rings. The van der Waals surface area contributed by atoms with Gasteiger partial charge in [-0.1, -0.05) is 11.6 Å². The zero-order chi connectivity index (χ0) is 15.8. The Hall–Kier alpha value is -1.20. The molecule has 2 N–H and O–H groups in total.